The van der Waals surface area contributed by atoms with Gasteiger partial charge in [0.1, 0.15) is 5.65 Å². The van der Waals surface area contributed by atoms with Crippen molar-refractivity contribution in [3.63, 3.8) is 0 Å². The number of nitrogens with one attached hydrogen (secondary N) is 1. The van der Waals surface area contributed by atoms with Gasteiger partial charge in [0.25, 0.3) is 0 Å². The van der Waals surface area contributed by atoms with Crippen LogP contribution in [0.2, 0.25) is 0 Å². The molecule has 3 nitrogen and oxygen atoms in total. The molecule has 86 valence electrons. The van der Waals surface area contributed by atoms with Crippen molar-refractivity contribution >= 4 is 11.0 Å². The number of benzene rings is 1. The monoisotopic (exact) mass is 233 g/mol. The predicted octanol–water partition coefficient (Wildman–Crippen LogP) is 3.30. The van der Waals surface area contributed by atoms with Gasteiger partial charge in [0, 0.05) is 17.8 Å². The Labute approximate surface area is 105 Å². The van der Waals surface area contributed by atoms with Crippen LogP contribution >= 0.6 is 0 Å². The van der Waals surface area contributed by atoms with E-state index >= 15 is 0 Å². The minimum Gasteiger partial charge on any atom is -0.346 e. The van der Waals surface area contributed by atoms with Gasteiger partial charge < -0.3 is 4.98 Å². The lowest BCUT2D eigenvalue weighted by Gasteiger charge is -2.04. The van der Waals surface area contributed by atoms with Crippen molar-refractivity contribution in [1.29, 1.82) is 5.26 Å². The number of hydrogen-bond donors (Lipinski definition) is 1. The largest absolute Gasteiger partial charge is 0.346 e. The quantitative estimate of drug-likeness (QED) is 0.738. The van der Waals surface area contributed by atoms with Crippen LogP contribution in [0, 0.1) is 11.3 Å². The van der Waals surface area contributed by atoms with Crippen molar-refractivity contribution in [1.82, 2.24) is 9.97 Å². The molecule has 0 aliphatic rings. The third kappa shape index (κ3) is 1.64. The van der Waals surface area contributed by atoms with Crippen LogP contribution in [0.25, 0.3) is 22.2 Å². The number of hydrogen-bond acceptors (Lipinski definition) is 2. The average molecular weight is 233 g/mol. The van der Waals surface area contributed by atoms with E-state index in [1.165, 1.54) is 0 Å². The van der Waals surface area contributed by atoms with Crippen molar-refractivity contribution in [2.75, 3.05) is 0 Å². The summed E-state index contributed by atoms with van der Waals surface area (Å²) in [6.07, 6.45) is 4.05. The van der Waals surface area contributed by atoms with E-state index in [2.05, 4.69) is 28.2 Å². The first kappa shape index (κ1) is 10.5. The smallest absolute Gasteiger partial charge is 0.138 e. The number of H-pyrrole nitrogens is 1. The molecule has 2 heterocycles. The van der Waals surface area contributed by atoms with Crippen LogP contribution in [0.5, 0.6) is 0 Å². The van der Waals surface area contributed by atoms with E-state index in [4.69, 9.17) is 5.26 Å². The van der Waals surface area contributed by atoms with E-state index < -0.39 is 0 Å². The summed E-state index contributed by atoms with van der Waals surface area (Å²) in [4.78, 5) is 7.43. The summed E-state index contributed by atoms with van der Waals surface area (Å²) >= 11 is 0. The maximum atomic E-state index is 8.87. The summed E-state index contributed by atoms with van der Waals surface area (Å²) in [5.41, 5.74) is 4.09. The van der Waals surface area contributed by atoms with Gasteiger partial charge in [-0.25, -0.2) is 4.98 Å². The maximum Gasteiger partial charge on any atom is 0.138 e. The number of pyridine rings is 1. The van der Waals surface area contributed by atoms with Gasteiger partial charge in [0.2, 0.25) is 0 Å². The number of nitriles is 1. The van der Waals surface area contributed by atoms with Crippen LogP contribution in [0.3, 0.4) is 0 Å². The summed E-state index contributed by atoms with van der Waals surface area (Å²) in [5.74, 6) is 0. The zero-order valence-electron chi connectivity index (χ0n) is 9.72. The van der Waals surface area contributed by atoms with Gasteiger partial charge in [-0.05, 0) is 22.8 Å². The summed E-state index contributed by atoms with van der Waals surface area (Å²) in [6.45, 7) is 0. The third-order valence-electron chi connectivity index (χ3n) is 3.01. The fraction of sp³-hybridized carbons (Fsp3) is 0.0667. The first-order valence-electron chi connectivity index (χ1n) is 5.77. The molecule has 2 aromatic heterocycles. The number of aromatic nitrogens is 2. The second-order valence-electron chi connectivity index (χ2n) is 4.10. The summed E-state index contributed by atoms with van der Waals surface area (Å²) < 4.78 is 0. The van der Waals surface area contributed by atoms with Gasteiger partial charge in [-0.1, -0.05) is 30.3 Å². The Kier molecular flexibility index (Phi) is 2.54. The average Bonchev–Trinajstić information content (AvgIpc) is 2.84. The Morgan fingerprint density at radius 3 is 2.78 bits per heavy atom. The molecule has 3 heteroatoms. The topological polar surface area (TPSA) is 52.5 Å². The van der Waals surface area contributed by atoms with Gasteiger partial charge in [0.05, 0.1) is 12.5 Å². The zero-order chi connectivity index (χ0) is 12.4. The van der Waals surface area contributed by atoms with Crippen LogP contribution in [-0.2, 0) is 6.42 Å². The van der Waals surface area contributed by atoms with E-state index in [0.29, 0.717) is 6.42 Å². The van der Waals surface area contributed by atoms with E-state index in [1.54, 1.807) is 6.20 Å². The first-order chi connectivity index (χ1) is 8.90. The first-order valence-corrected chi connectivity index (χ1v) is 5.77. The van der Waals surface area contributed by atoms with Gasteiger partial charge in [0.15, 0.2) is 0 Å². The Balaban J connectivity index is 2.29. The van der Waals surface area contributed by atoms with Crippen LogP contribution in [0.1, 0.15) is 5.56 Å². The maximum absolute atomic E-state index is 8.87. The lowest BCUT2D eigenvalue weighted by atomic mass is 10.0. The van der Waals surface area contributed by atoms with Gasteiger partial charge in [-0.2, -0.15) is 5.26 Å². The molecule has 0 fully saturated rings. The zero-order valence-corrected chi connectivity index (χ0v) is 9.72. The van der Waals surface area contributed by atoms with Crippen molar-refractivity contribution in [2.24, 2.45) is 0 Å². The third-order valence-corrected chi connectivity index (χ3v) is 3.01. The highest BCUT2D eigenvalue weighted by Crippen LogP contribution is 2.29. The molecule has 0 atom stereocenters. The van der Waals surface area contributed by atoms with Crippen molar-refractivity contribution in [3.05, 3.63) is 54.4 Å². The molecule has 18 heavy (non-hydrogen) atoms. The van der Waals surface area contributed by atoms with E-state index in [0.717, 1.165) is 27.7 Å². The molecule has 0 unspecified atom stereocenters. The number of aromatic amines is 1. The van der Waals surface area contributed by atoms with Crippen LogP contribution in [-0.4, -0.2) is 9.97 Å². The second kappa shape index (κ2) is 4.34. The van der Waals surface area contributed by atoms with E-state index in [9.17, 15) is 0 Å². The van der Waals surface area contributed by atoms with Crippen LogP contribution < -0.4 is 0 Å². The van der Waals surface area contributed by atoms with Crippen molar-refractivity contribution in [3.8, 4) is 17.2 Å². The van der Waals surface area contributed by atoms with Crippen molar-refractivity contribution < 1.29 is 0 Å². The molecule has 0 aliphatic carbocycles. The SMILES string of the molecule is N#CCc1c[nH]c2nccc(-c3ccccc3)c12. The van der Waals surface area contributed by atoms with Crippen molar-refractivity contribution in [2.45, 2.75) is 6.42 Å². The molecular formula is C15H11N3. The minimum atomic E-state index is 0.394. The Hall–Kier alpha value is -2.60. The standard InChI is InChI=1S/C15H11N3/c16-8-6-12-10-18-15-14(12)13(7-9-17-15)11-4-2-1-3-5-11/h1-5,7,9-10H,6H2,(H,17,18). The minimum absolute atomic E-state index is 0.394. The van der Waals surface area contributed by atoms with Crippen LogP contribution in [0.15, 0.2) is 48.8 Å². The highest BCUT2D eigenvalue weighted by Gasteiger charge is 2.10. The van der Waals surface area contributed by atoms with E-state index in [1.807, 2.05) is 30.5 Å². The van der Waals surface area contributed by atoms with Crippen LogP contribution in [0.4, 0.5) is 0 Å². The fourth-order valence-corrected chi connectivity index (χ4v) is 2.21. The molecule has 0 aliphatic heterocycles. The molecule has 0 spiro atoms. The molecule has 0 radical (unpaired) electrons. The van der Waals surface area contributed by atoms with Gasteiger partial charge in [-0.15, -0.1) is 0 Å². The molecule has 1 aromatic carbocycles. The Morgan fingerprint density at radius 1 is 1.17 bits per heavy atom. The fourth-order valence-electron chi connectivity index (χ4n) is 2.21. The number of nitrogens with zero attached hydrogens (tertiary/aromatic N) is 2. The molecule has 0 amide bonds. The second-order valence-corrected chi connectivity index (χ2v) is 4.10. The van der Waals surface area contributed by atoms with Gasteiger partial charge >= 0.3 is 0 Å². The molecule has 1 N–H and O–H groups in total. The molecule has 0 saturated heterocycles. The Bertz CT molecular complexity index is 720. The number of rotatable bonds is 2. The number of fused-ring (bicyclic) bond motifs is 1. The summed E-state index contributed by atoms with van der Waals surface area (Å²) in [7, 11) is 0. The highest BCUT2D eigenvalue weighted by atomic mass is 14.8. The molecule has 3 rings (SSSR count). The molecule has 0 saturated carbocycles. The molecule has 3 aromatic rings. The normalized spacial score (nSPS) is 10.4. The lowest BCUT2D eigenvalue weighted by molar-refractivity contribution is 1.27. The highest BCUT2D eigenvalue weighted by molar-refractivity contribution is 5.95. The summed E-state index contributed by atoms with van der Waals surface area (Å²) in [5, 5.41) is 9.92. The lowest BCUT2D eigenvalue weighted by Crippen LogP contribution is -1.85. The Morgan fingerprint density at radius 2 is 2.00 bits per heavy atom. The molecule has 0 bridgehead atoms. The predicted molar refractivity (Wildman–Crippen MR) is 70.8 cm³/mol. The molecular weight excluding hydrogens is 222 g/mol. The van der Waals surface area contributed by atoms with E-state index in [-0.39, 0.29) is 0 Å². The van der Waals surface area contributed by atoms with Gasteiger partial charge in [-0.3, -0.25) is 0 Å². The summed E-state index contributed by atoms with van der Waals surface area (Å²) in [6, 6.07) is 14.3.